The summed E-state index contributed by atoms with van der Waals surface area (Å²) in [5, 5.41) is 8.69. The molecule has 19 heavy (non-hydrogen) atoms. The van der Waals surface area contributed by atoms with Crippen molar-refractivity contribution in [2.45, 2.75) is 18.9 Å². The molecule has 2 aromatic heterocycles. The van der Waals surface area contributed by atoms with Crippen LogP contribution in [0.3, 0.4) is 0 Å². The van der Waals surface area contributed by atoms with Crippen LogP contribution in [0.25, 0.3) is 0 Å². The number of hydrogen-bond acceptors (Lipinski definition) is 3. The fourth-order valence-corrected chi connectivity index (χ4v) is 2.31. The number of rotatable bonds is 3. The number of aromatic amines is 1. The number of hydrogen-bond donors (Lipinski definition) is 2. The Balaban J connectivity index is 1.83. The van der Waals surface area contributed by atoms with Crippen molar-refractivity contribution in [1.29, 1.82) is 0 Å². The van der Waals surface area contributed by atoms with Gasteiger partial charge in [0, 0.05) is 22.8 Å². The highest BCUT2D eigenvalue weighted by Crippen LogP contribution is 2.37. The minimum Gasteiger partial charge on any atom is -0.339 e. The first kappa shape index (κ1) is 12.2. The zero-order valence-corrected chi connectivity index (χ0v) is 11.5. The van der Waals surface area contributed by atoms with Crippen LogP contribution in [0, 0.1) is 0 Å². The molecule has 0 radical (unpaired) electrons. The number of aromatic nitrogens is 3. The number of nitrogens with one attached hydrogen (secondary N) is 2. The van der Waals surface area contributed by atoms with Gasteiger partial charge in [-0.3, -0.25) is 9.59 Å². The summed E-state index contributed by atoms with van der Waals surface area (Å²) in [5.41, 5.74) is 0.282. The van der Waals surface area contributed by atoms with Crippen molar-refractivity contribution in [2.24, 2.45) is 0 Å². The van der Waals surface area contributed by atoms with E-state index in [2.05, 4.69) is 31.4 Å². The Morgan fingerprint density at radius 1 is 1.47 bits per heavy atom. The van der Waals surface area contributed by atoms with Crippen molar-refractivity contribution in [1.82, 2.24) is 14.8 Å². The summed E-state index contributed by atoms with van der Waals surface area (Å²) in [7, 11) is 0. The summed E-state index contributed by atoms with van der Waals surface area (Å²) < 4.78 is 2.84. The van der Waals surface area contributed by atoms with Crippen molar-refractivity contribution in [3.63, 3.8) is 0 Å². The summed E-state index contributed by atoms with van der Waals surface area (Å²) in [6.07, 6.45) is 4.10. The van der Waals surface area contributed by atoms with E-state index in [1.54, 1.807) is 6.07 Å². The van der Waals surface area contributed by atoms with E-state index in [1.807, 2.05) is 10.8 Å². The molecule has 1 aliphatic carbocycles. The Bertz CT molecular complexity index is 667. The summed E-state index contributed by atoms with van der Waals surface area (Å²) in [6, 6.07) is 4.98. The van der Waals surface area contributed by atoms with Crippen LogP contribution in [0.2, 0.25) is 0 Å². The summed E-state index contributed by atoms with van der Waals surface area (Å²) in [5.74, 6) is 0.0846. The average molecular weight is 323 g/mol. The number of carbonyl (C=O) groups is 1. The molecule has 6 nitrogen and oxygen atoms in total. The van der Waals surface area contributed by atoms with E-state index < -0.39 is 0 Å². The van der Waals surface area contributed by atoms with Crippen LogP contribution < -0.4 is 10.9 Å². The number of halogens is 1. The maximum Gasteiger partial charge on any atom is 0.273 e. The standard InChI is InChI=1S/C12H11BrN4O2/c13-7-5-9(17(6-7)8-1-2-8)12(19)14-10-3-4-11(18)16-15-10/h3-6,8H,1-2H2,(H,16,18)(H,14,15,19). The Morgan fingerprint density at radius 2 is 2.26 bits per heavy atom. The summed E-state index contributed by atoms with van der Waals surface area (Å²) in [4.78, 5) is 23.1. The minimum atomic E-state index is -0.304. The SMILES string of the molecule is O=C(Nc1ccc(=O)[nH]n1)c1cc(Br)cn1C1CC1. The average Bonchev–Trinajstić information content (AvgIpc) is 3.15. The van der Waals surface area contributed by atoms with Crippen molar-refractivity contribution in [3.8, 4) is 0 Å². The zero-order valence-electron chi connectivity index (χ0n) is 9.89. The van der Waals surface area contributed by atoms with E-state index >= 15 is 0 Å². The van der Waals surface area contributed by atoms with Crippen molar-refractivity contribution in [2.75, 3.05) is 5.32 Å². The van der Waals surface area contributed by atoms with Crippen LogP contribution in [0.1, 0.15) is 29.4 Å². The molecular formula is C12H11BrN4O2. The van der Waals surface area contributed by atoms with Gasteiger partial charge in [0.25, 0.3) is 11.5 Å². The van der Waals surface area contributed by atoms with Gasteiger partial charge in [-0.25, -0.2) is 5.10 Å². The lowest BCUT2D eigenvalue weighted by molar-refractivity contribution is 0.101. The number of amides is 1. The van der Waals surface area contributed by atoms with Crippen LogP contribution >= 0.6 is 15.9 Å². The second kappa shape index (κ2) is 4.65. The van der Waals surface area contributed by atoms with E-state index in [4.69, 9.17) is 0 Å². The van der Waals surface area contributed by atoms with Gasteiger partial charge < -0.3 is 9.88 Å². The molecule has 1 fully saturated rings. The van der Waals surface area contributed by atoms with Crippen LogP contribution in [-0.2, 0) is 0 Å². The maximum atomic E-state index is 12.2. The molecule has 0 aromatic carbocycles. The third-order valence-electron chi connectivity index (χ3n) is 2.91. The second-order valence-corrected chi connectivity index (χ2v) is 5.36. The summed E-state index contributed by atoms with van der Waals surface area (Å²) >= 11 is 3.38. The highest BCUT2D eigenvalue weighted by molar-refractivity contribution is 9.10. The third kappa shape index (κ3) is 2.60. The molecule has 1 aliphatic rings. The van der Waals surface area contributed by atoms with Gasteiger partial charge in [-0.2, -0.15) is 5.10 Å². The Hall–Kier alpha value is -1.89. The molecule has 0 aliphatic heterocycles. The number of H-pyrrole nitrogens is 1. The first-order chi connectivity index (χ1) is 9.13. The third-order valence-corrected chi connectivity index (χ3v) is 3.34. The molecule has 0 spiro atoms. The topological polar surface area (TPSA) is 79.8 Å². The molecule has 0 unspecified atom stereocenters. The molecule has 1 amide bonds. The van der Waals surface area contributed by atoms with Crippen LogP contribution in [0.5, 0.6) is 0 Å². The molecule has 2 heterocycles. The highest BCUT2D eigenvalue weighted by atomic mass is 79.9. The Morgan fingerprint density at radius 3 is 2.89 bits per heavy atom. The predicted octanol–water partition coefficient (Wildman–Crippen LogP) is 1.92. The van der Waals surface area contributed by atoms with E-state index in [-0.39, 0.29) is 11.5 Å². The molecule has 3 rings (SSSR count). The fourth-order valence-electron chi connectivity index (χ4n) is 1.88. The van der Waals surface area contributed by atoms with Gasteiger partial charge in [0.2, 0.25) is 0 Å². The minimum absolute atomic E-state index is 0.239. The molecule has 1 saturated carbocycles. The lowest BCUT2D eigenvalue weighted by atomic mass is 10.4. The molecular weight excluding hydrogens is 312 g/mol. The van der Waals surface area contributed by atoms with Gasteiger partial charge in [0.15, 0.2) is 5.82 Å². The molecule has 2 N–H and O–H groups in total. The smallest absolute Gasteiger partial charge is 0.273 e. The van der Waals surface area contributed by atoms with Gasteiger partial charge in [-0.1, -0.05) is 0 Å². The molecule has 0 saturated heterocycles. The van der Waals surface area contributed by atoms with E-state index in [0.29, 0.717) is 17.6 Å². The number of nitrogens with zero attached hydrogens (tertiary/aromatic N) is 2. The second-order valence-electron chi connectivity index (χ2n) is 4.44. The Kier molecular flexibility index (Phi) is 2.98. The van der Waals surface area contributed by atoms with Crippen LogP contribution in [0.15, 0.2) is 33.7 Å². The predicted molar refractivity (Wildman–Crippen MR) is 73.2 cm³/mol. The van der Waals surface area contributed by atoms with Gasteiger partial charge in [0.05, 0.1) is 0 Å². The molecule has 7 heteroatoms. The van der Waals surface area contributed by atoms with Gasteiger partial charge in [-0.15, -0.1) is 0 Å². The van der Waals surface area contributed by atoms with E-state index in [9.17, 15) is 9.59 Å². The quantitative estimate of drug-likeness (QED) is 0.906. The van der Waals surface area contributed by atoms with E-state index in [0.717, 1.165) is 17.3 Å². The lowest BCUT2D eigenvalue weighted by Crippen LogP contribution is -2.18. The van der Waals surface area contributed by atoms with Crippen LogP contribution in [-0.4, -0.2) is 20.7 Å². The lowest BCUT2D eigenvalue weighted by Gasteiger charge is -2.07. The van der Waals surface area contributed by atoms with Gasteiger partial charge in [-0.05, 0) is 40.9 Å². The molecule has 0 bridgehead atoms. The first-order valence-electron chi connectivity index (χ1n) is 5.88. The van der Waals surface area contributed by atoms with Crippen molar-refractivity contribution < 1.29 is 4.79 Å². The number of carbonyl (C=O) groups excluding carboxylic acids is 1. The van der Waals surface area contributed by atoms with Crippen molar-refractivity contribution >= 4 is 27.7 Å². The number of anilines is 1. The Labute approximate surface area is 117 Å². The normalized spacial score (nSPS) is 14.4. The van der Waals surface area contributed by atoms with Crippen molar-refractivity contribution in [3.05, 3.63) is 44.9 Å². The largest absolute Gasteiger partial charge is 0.339 e. The maximum absolute atomic E-state index is 12.2. The van der Waals surface area contributed by atoms with E-state index in [1.165, 1.54) is 12.1 Å². The molecule has 2 aromatic rings. The van der Waals surface area contributed by atoms with Gasteiger partial charge >= 0.3 is 0 Å². The van der Waals surface area contributed by atoms with Gasteiger partial charge in [0.1, 0.15) is 5.69 Å². The van der Waals surface area contributed by atoms with Crippen LogP contribution in [0.4, 0.5) is 5.82 Å². The first-order valence-corrected chi connectivity index (χ1v) is 6.67. The summed E-state index contributed by atoms with van der Waals surface area (Å²) in [6.45, 7) is 0. The monoisotopic (exact) mass is 322 g/mol. The molecule has 0 atom stereocenters. The highest BCUT2D eigenvalue weighted by Gasteiger charge is 2.27. The molecule has 98 valence electrons. The zero-order chi connectivity index (χ0) is 13.4. The fraction of sp³-hybridized carbons (Fsp3) is 0.250.